The second-order valence-corrected chi connectivity index (χ2v) is 9.18. The Hall–Kier alpha value is -2.62. The van der Waals surface area contributed by atoms with E-state index in [1.807, 2.05) is 12.1 Å². The number of halogens is 2. The predicted octanol–water partition coefficient (Wildman–Crippen LogP) is 6.38. The van der Waals surface area contributed by atoms with Gasteiger partial charge in [-0.2, -0.15) is 0 Å². The highest BCUT2D eigenvalue weighted by atomic mass is 19.1. The zero-order chi connectivity index (χ0) is 20.7. The zero-order valence-corrected chi connectivity index (χ0v) is 16.9. The van der Waals surface area contributed by atoms with Gasteiger partial charge in [0.05, 0.1) is 5.52 Å². The van der Waals surface area contributed by atoms with Gasteiger partial charge in [-0.15, -0.1) is 0 Å². The second kappa shape index (κ2) is 7.57. The molecule has 0 N–H and O–H groups in total. The Morgan fingerprint density at radius 3 is 2.47 bits per heavy atom. The van der Waals surface area contributed by atoms with Crippen LogP contribution in [-0.2, 0) is 11.2 Å². The van der Waals surface area contributed by atoms with Crippen LogP contribution in [0, 0.1) is 23.0 Å². The topological polar surface area (TPSA) is 30.0 Å². The molecule has 5 rings (SSSR count). The molecule has 4 heteroatoms. The first kappa shape index (κ1) is 19.3. The van der Waals surface area contributed by atoms with Crippen LogP contribution in [0.5, 0.6) is 0 Å². The summed E-state index contributed by atoms with van der Waals surface area (Å²) in [4.78, 5) is 17.0. The highest BCUT2D eigenvalue weighted by Gasteiger charge is 2.48. The third-order valence-electron chi connectivity index (χ3n) is 7.33. The Balaban J connectivity index is 1.22. The van der Waals surface area contributed by atoms with Crippen LogP contribution in [0.1, 0.15) is 55.6 Å². The lowest BCUT2D eigenvalue weighted by Gasteiger charge is -2.51. The van der Waals surface area contributed by atoms with E-state index in [0.717, 1.165) is 60.6 Å². The van der Waals surface area contributed by atoms with Gasteiger partial charge in [0.15, 0.2) is 0 Å². The van der Waals surface area contributed by atoms with Crippen molar-refractivity contribution in [2.75, 3.05) is 0 Å². The maximum absolute atomic E-state index is 14.7. The van der Waals surface area contributed by atoms with Crippen LogP contribution in [-0.4, -0.2) is 10.8 Å². The summed E-state index contributed by atoms with van der Waals surface area (Å²) in [5.41, 5.74) is 2.80. The first-order chi connectivity index (χ1) is 14.5. The Bertz CT molecular complexity index is 1080. The molecule has 154 valence electrons. The Morgan fingerprint density at radius 1 is 1.00 bits per heavy atom. The summed E-state index contributed by atoms with van der Waals surface area (Å²) in [7, 11) is 0. The number of nitrogens with zero attached hydrogens (tertiary/aromatic N) is 1. The molecule has 0 unspecified atom stereocenters. The molecule has 1 spiro atoms. The number of hydrogen-bond donors (Lipinski definition) is 0. The number of rotatable bonds is 4. The van der Waals surface area contributed by atoms with Gasteiger partial charge in [-0.05, 0) is 85.8 Å². The van der Waals surface area contributed by atoms with Crippen molar-refractivity contribution in [2.24, 2.45) is 11.3 Å². The van der Waals surface area contributed by atoms with Gasteiger partial charge in [0.1, 0.15) is 17.4 Å². The maximum atomic E-state index is 14.7. The molecule has 1 aromatic heterocycles. The number of fused-ring (bicyclic) bond motifs is 1. The lowest BCUT2D eigenvalue weighted by atomic mass is 9.53. The van der Waals surface area contributed by atoms with Crippen LogP contribution < -0.4 is 0 Å². The summed E-state index contributed by atoms with van der Waals surface area (Å²) in [6, 6.07) is 13.4. The molecule has 0 bridgehead atoms. The number of benzene rings is 2. The quantitative estimate of drug-likeness (QED) is 0.504. The average Bonchev–Trinajstić information content (AvgIpc) is 2.74. The molecule has 2 aromatic carbocycles. The van der Waals surface area contributed by atoms with Gasteiger partial charge < -0.3 is 0 Å². The molecular weight excluding hydrogens is 380 g/mol. The van der Waals surface area contributed by atoms with E-state index in [2.05, 4.69) is 4.98 Å². The monoisotopic (exact) mass is 405 g/mol. The van der Waals surface area contributed by atoms with Crippen molar-refractivity contribution in [3.63, 3.8) is 0 Å². The first-order valence-corrected chi connectivity index (χ1v) is 10.8. The standard InChI is InChI=1S/C26H25F2NO/c27-20-5-3-17(4-6-20)14-24(30)19-15-26(16-19)11-9-18(10-12-26)25-21-2-1-13-29-23(21)8-7-22(25)28/h1-8,13,18-19H,9-12,14-16H2. The van der Waals surface area contributed by atoms with E-state index in [1.54, 1.807) is 30.5 Å². The fraction of sp³-hybridized carbons (Fsp3) is 0.385. The van der Waals surface area contributed by atoms with E-state index < -0.39 is 0 Å². The highest BCUT2D eigenvalue weighted by molar-refractivity contribution is 5.84. The summed E-state index contributed by atoms with van der Waals surface area (Å²) < 4.78 is 27.7. The van der Waals surface area contributed by atoms with Gasteiger partial charge >= 0.3 is 0 Å². The van der Waals surface area contributed by atoms with Gasteiger partial charge in [0.25, 0.3) is 0 Å². The lowest BCUT2D eigenvalue weighted by Crippen LogP contribution is -2.43. The molecule has 2 fully saturated rings. The van der Waals surface area contributed by atoms with E-state index >= 15 is 0 Å². The number of ketones is 1. The normalized spacial score (nSPS) is 25.9. The number of Topliss-reactive ketones (excluding diaryl/α,β-unsaturated/α-hetero) is 1. The van der Waals surface area contributed by atoms with E-state index in [-0.39, 0.29) is 34.7 Å². The zero-order valence-electron chi connectivity index (χ0n) is 16.9. The predicted molar refractivity (Wildman–Crippen MR) is 113 cm³/mol. The number of pyridine rings is 1. The molecule has 2 aliphatic carbocycles. The number of carbonyl (C=O) groups is 1. The molecule has 3 aromatic rings. The molecule has 0 amide bonds. The van der Waals surface area contributed by atoms with E-state index in [9.17, 15) is 13.6 Å². The number of hydrogen-bond acceptors (Lipinski definition) is 2. The largest absolute Gasteiger partial charge is 0.299 e. The molecule has 0 saturated heterocycles. The molecule has 30 heavy (non-hydrogen) atoms. The molecule has 1 heterocycles. The van der Waals surface area contributed by atoms with Crippen molar-refractivity contribution < 1.29 is 13.6 Å². The van der Waals surface area contributed by atoms with Crippen molar-refractivity contribution in [1.82, 2.24) is 4.98 Å². The SMILES string of the molecule is O=C(Cc1ccc(F)cc1)C1CC2(CCC(c3c(F)ccc4ncccc34)CC2)C1. The van der Waals surface area contributed by atoms with Crippen molar-refractivity contribution in [2.45, 2.75) is 50.9 Å². The van der Waals surface area contributed by atoms with Crippen LogP contribution in [0.25, 0.3) is 10.9 Å². The van der Waals surface area contributed by atoms with Crippen molar-refractivity contribution in [3.8, 4) is 0 Å². The average molecular weight is 405 g/mol. The summed E-state index contributed by atoms with van der Waals surface area (Å²) in [5.74, 6) is 0.199. The first-order valence-electron chi connectivity index (χ1n) is 10.8. The molecule has 2 aliphatic rings. The smallest absolute Gasteiger partial charge is 0.140 e. The van der Waals surface area contributed by atoms with Crippen molar-refractivity contribution in [1.29, 1.82) is 0 Å². The second-order valence-electron chi connectivity index (χ2n) is 9.18. The number of carbonyl (C=O) groups excluding carboxylic acids is 1. The molecule has 2 saturated carbocycles. The number of aromatic nitrogens is 1. The van der Waals surface area contributed by atoms with Gasteiger partial charge in [-0.3, -0.25) is 9.78 Å². The van der Waals surface area contributed by atoms with Crippen LogP contribution in [0.2, 0.25) is 0 Å². The third-order valence-corrected chi connectivity index (χ3v) is 7.33. The van der Waals surface area contributed by atoms with Crippen LogP contribution in [0.3, 0.4) is 0 Å². The summed E-state index contributed by atoms with van der Waals surface area (Å²) in [5, 5.41) is 0.930. The Kier molecular flexibility index (Phi) is 4.88. The summed E-state index contributed by atoms with van der Waals surface area (Å²) >= 11 is 0. The maximum Gasteiger partial charge on any atom is 0.140 e. The van der Waals surface area contributed by atoms with Gasteiger partial charge in [-0.1, -0.05) is 18.2 Å². The molecular formula is C26H25F2NO. The molecule has 0 atom stereocenters. The summed E-state index contributed by atoms with van der Waals surface area (Å²) in [6.45, 7) is 0. The van der Waals surface area contributed by atoms with Crippen LogP contribution >= 0.6 is 0 Å². The van der Waals surface area contributed by atoms with Gasteiger partial charge in [0, 0.05) is 29.5 Å². The van der Waals surface area contributed by atoms with E-state index in [1.165, 1.54) is 12.1 Å². The van der Waals surface area contributed by atoms with Crippen molar-refractivity contribution >= 4 is 16.7 Å². The Morgan fingerprint density at radius 2 is 1.73 bits per heavy atom. The third kappa shape index (κ3) is 3.53. The van der Waals surface area contributed by atoms with Crippen LogP contribution in [0.4, 0.5) is 8.78 Å². The molecule has 0 radical (unpaired) electrons. The van der Waals surface area contributed by atoms with Gasteiger partial charge in [-0.25, -0.2) is 8.78 Å². The summed E-state index contributed by atoms with van der Waals surface area (Å²) in [6.07, 6.45) is 8.05. The van der Waals surface area contributed by atoms with Crippen molar-refractivity contribution in [3.05, 3.63) is 77.5 Å². The van der Waals surface area contributed by atoms with E-state index in [0.29, 0.717) is 6.42 Å². The highest BCUT2D eigenvalue weighted by Crippen LogP contribution is 2.57. The molecule has 0 aliphatic heterocycles. The lowest BCUT2D eigenvalue weighted by molar-refractivity contribution is -0.131. The van der Waals surface area contributed by atoms with Gasteiger partial charge in [0.2, 0.25) is 0 Å². The fourth-order valence-corrected chi connectivity index (χ4v) is 5.65. The fourth-order valence-electron chi connectivity index (χ4n) is 5.65. The Labute approximate surface area is 175 Å². The molecule has 2 nitrogen and oxygen atoms in total. The van der Waals surface area contributed by atoms with E-state index in [4.69, 9.17) is 0 Å². The minimum Gasteiger partial charge on any atom is -0.299 e. The minimum absolute atomic E-state index is 0.116. The minimum atomic E-state index is -0.274. The van der Waals surface area contributed by atoms with Crippen LogP contribution in [0.15, 0.2) is 54.7 Å².